The average molecular weight is 364 g/mol. The third-order valence-electron chi connectivity index (χ3n) is 3.79. The van der Waals surface area contributed by atoms with Crippen LogP contribution in [-0.2, 0) is 17.6 Å². The minimum atomic E-state index is -0.252. The molecule has 5 nitrogen and oxygen atoms in total. The first-order chi connectivity index (χ1) is 12.2. The highest BCUT2D eigenvalue weighted by Gasteiger charge is 2.11. The average Bonchev–Trinajstić information content (AvgIpc) is 3.10. The summed E-state index contributed by atoms with van der Waals surface area (Å²) in [5, 5.41) is 7.64. The summed E-state index contributed by atoms with van der Waals surface area (Å²) in [6, 6.07) is 6.34. The second kappa shape index (κ2) is 10.1. The van der Waals surface area contributed by atoms with Gasteiger partial charge in [-0.15, -0.1) is 11.3 Å². The molecule has 25 heavy (non-hydrogen) atoms. The van der Waals surface area contributed by atoms with Crippen LogP contribution in [0.5, 0.6) is 0 Å². The predicted molar refractivity (Wildman–Crippen MR) is 101 cm³/mol. The molecule has 0 aliphatic rings. The maximum Gasteiger partial charge on any atom is 0.191 e. The van der Waals surface area contributed by atoms with Crippen LogP contribution >= 0.6 is 11.3 Å². The highest BCUT2D eigenvalue weighted by molar-refractivity contribution is 7.11. The van der Waals surface area contributed by atoms with Crippen molar-refractivity contribution in [2.75, 3.05) is 27.2 Å². The van der Waals surface area contributed by atoms with Crippen molar-refractivity contribution < 1.29 is 9.13 Å². The van der Waals surface area contributed by atoms with Crippen LogP contribution in [0.15, 0.2) is 35.5 Å². The Morgan fingerprint density at radius 2 is 2.08 bits per heavy atom. The lowest BCUT2D eigenvalue weighted by molar-refractivity contribution is 0.106. The van der Waals surface area contributed by atoms with Crippen molar-refractivity contribution in [2.45, 2.75) is 25.9 Å². The van der Waals surface area contributed by atoms with Crippen molar-refractivity contribution in [3.8, 4) is 0 Å². The fraction of sp³-hybridized carbons (Fsp3) is 0.444. The van der Waals surface area contributed by atoms with Gasteiger partial charge in [-0.2, -0.15) is 0 Å². The summed E-state index contributed by atoms with van der Waals surface area (Å²) in [6.07, 6.45) is 3.65. The maximum atomic E-state index is 13.0. The van der Waals surface area contributed by atoms with Gasteiger partial charge in [-0.05, 0) is 24.1 Å². The maximum absolute atomic E-state index is 13.0. The summed E-state index contributed by atoms with van der Waals surface area (Å²) in [7, 11) is 3.37. The number of thiazole rings is 1. The first-order valence-electron chi connectivity index (χ1n) is 8.32. The van der Waals surface area contributed by atoms with Gasteiger partial charge in [0.15, 0.2) is 5.96 Å². The van der Waals surface area contributed by atoms with Crippen LogP contribution in [0, 0.1) is 5.82 Å². The number of halogens is 1. The van der Waals surface area contributed by atoms with E-state index in [4.69, 9.17) is 4.74 Å². The molecule has 1 atom stereocenters. The minimum absolute atomic E-state index is 0.176. The van der Waals surface area contributed by atoms with Crippen LogP contribution in [0.25, 0.3) is 0 Å². The van der Waals surface area contributed by atoms with E-state index in [2.05, 4.69) is 27.5 Å². The van der Waals surface area contributed by atoms with Gasteiger partial charge < -0.3 is 15.4 Å². The van der Waals surface area contributed by atoms with Crippen molar-refractivity contribution in [1.29, 1.82) is 0 Å². The summed E-state index contributed by atoms with van der Waals surface area (Å²) in [4.78, 5) is 9.93. The molecular formula is C18H25FN4OS. The number of methoxy groups -OCH3 is 1. The molecule has 0 bridgehead atoms. The summed E-state index contributed by atoms with van der Waals surface area (Å²) < 4.78 is 18.5. The molecule has 0 amide bonds. The molecule has 0 fully saturated rings. The Labute approximate surface area is 152 Å². The van der Waals surface area contributed by atoms with Gasteiger partial charge in [0.2, 0.25) is 0 Å². The summed E-state index contributed by atoms with van der Waals surface area (Å²) >= 11 is 1.75. The number of guanidine groups is 1. The Balaban J connectivity index is 1.79. The second-order valence-electron chi connectivity index (χ2n) is 5.48. The van der Waals surface area contributed by atoms with Gasteiger partial charge in [0.25, 0.3) is 0 Å². The highest BCUT2D eigenvalue weighted by atomic mass is 32.1. The fourth-order valence-electron chi connectivity index (χ4n) is 2.34. The molecule has 0 aliphatic carbocycles. The van der Waals surface area contributed by atoms with Crippen LogP contribution in [-0.4, -0.2) is 38.2 Å². The number of hydrogen-bond acceptors (Lipinski definition) is 4. The van der Waals surface area contributed by atoms with Crippen LogP contribution < -0.4 is 10.6 Å². The molecule has 0 aliphatic heterocycles. The number of aromatic nitrogens is 1. The lowest BCUT2D eigenvalue weighted by Gasteiger charge is -2.18. The van der Waals surface area contributed by atoms with Crippen LogP contribution in [0.4, 0.5) is 4.39 Å². The van der Waals surface area contributed by atoms with E-state index in [-0.39, 0.29) is 11.9 Å². The normalized spacial score (nSPS) is 12.9. The molecule has 2 rings (SSSR count). The molecule has 1 aromatic carbocycles. The smallest absolute Gasteiger partial charge is 0.191 e. The minimum Gasteiger partial charge on any atom is -0.375 e. The molecule has 0 radical (unpaired) electrons. The van der Waals surface area contributed by atoms with E-state index in [1.807, 2.05) is 6.20 Å². The molecule has 0 saturated carbocycles. The zero-order valence-corrected chi connectivity index (χ0v) is 15.7. The lowest BCUT2D eigenvalue weighted by atomic mass is 10.1. The zero-order valence-electron chi connectivity index (χ0n) is 14.9. The quantitative estimate of drug-likeness (QED) is 0.559. The highest BCUT2D eigenvalue weighted by Crippen LogP contribution is 2.16. The number of aryl methyl sites for hydroxylation is 1. The monoisotopic (exact) mass is 364 g/mol. The number of ether oxygens (including phenoxy) is 1. The van der Waals surface area contributed by atoms with E-state index in [0.717, 1.165) is 30.0 Å². The van der Waals surface area contributed by atoms with Gasteiger partial charge in [0, 0.05) is 44.7 Å². The van der Waals surface area contributed by atoms with E-state index < -0.39 is 0 Å². The van der Waals surface area contributed by atoms with Gasteiger partial charge >= 0.3 is 0 Å². The SMILES string of the molecule is CCc1cnc(CCNC(=NC)NCC(OC)c2ccc(F)cc2)s1. The molecule has 7 heteroatoms. The van der Waals surface area contributed by atoms with Crippen molar-refractivity contribution >= 4 is 17.3 Å². The number of rotatable bonds is 8. The third-order valence-corrected chi connectivity index (χ3v) is 4.99. The van der Waals surface area contributed by atoms with Crippen molar-refractivity contribution in [1.82, 2.24) is 15.6 Å². The summed E-state index contributed by atoms with van der Waals surface area (Å²) in [5.74, 6) is 0.453. The largest absolute Gasteiger partial charge is 0.375 e. The van der Waals surface area contributed by atoms with E-state index in [1.54, 1.807) is 37.6 Å². The van der Waals surface area contributed by atoms with Gasteiger partial charge in [-0.25, -0.2) is 9.37 Å². The first-order valence-corrected chi connectivity index (χ1v) is 9.14. The van der Waals surface area contributed by atoms with Crippen molar-refractivity contribution in [2.24, 2.45) is 4.99 Å². The summed E-state index contributed by atoms with van der Waals surface area (Å²) in [6.45, 7) is 3.43. The van der Waals surface area contributed by atoms with Gasteiger partial charge in [0.05, 0.1) is 11.1 Å². The Morgan fingerprint density at radius 3 is 2.68 bits per heavy atom. The molecule has 0 spiro atoms. The Bertz CT molecular complexity index is 672. The topological polar surface area (TPSA) is 58.5 Å². The van der Waals surface area contributed by atoms with Gasteiger partial charge in [-0.3, -0.25) is 4.99 Å². The first kappa shape index (κ1) is 19.3. The molecule has 0 saturated heterocycles. The van der Waals surface area contributed by atoms with E-state index in [1.165, 1.54) is 17.0 Å². The molecule has 136 valence electrons. The second-order valence-corrected chi connectivity index (χ2v) is 6.68. The Kier molecular flexibility index (Phi) is 7.81. The van der Waals surface area contributed by atoms with Gasteiger partial charge in [-0.1, -0.05) is 19.1 Å². The van der Waals surface area contributed by atoms with Crippen molar-refractivity contribution in [3.05, 3.63) is 51.7 Å². The molecular weight excluding hydrogens is 339 g/mol. The Morgan fingerprint density at radius 1 is 1.32 bits per heavy atom. The molecule has 1 aromatic heterocycles. The van der Waals surface area contributed by atoms with Crippen LogP contribution in [0.1, 0.15) is 28.5 Å². The third kappa shape index (κ3) is 6.10. The fourth-order valence-corrected chi connectivity index (χ4v) is 3.20. The number of nitrogens with one attached hydrogen (secondary N) is 2. The number of hydrogen-bond donors (Lipinski definition) is 2. The standard InChI is InChI=1S/C18H25FN4OS/c1-4-15-11-22-17(25-15)9-10-21-18(20-2)23-12-16(24-3)13-5-7-14(19)8-6-13/h5-8,11,16H,4,9-10,12H2,1-3H3,(H2,20,21,23). The molecule has 1 heterocycles. The van der Waals surface area contributed by atoms with E-state index in [9.17, 15) is 4.39 Å². The van der Waals surface area contributed by atoms with Crippen LogP contribution in [0.2, 0.25) is 0 Å². The zero-order chi connectivity index (χ0) is 18.1. The Hall–Kier alpha value is -1.99. The van der Waals surface area contributed by atoms with Gasteiger partial charge in [0.1, 0.15) is 5.82 Å². The molecule has 2 aromatic rings. The number of nitrogens with zero attached hydrogens (tertiary/aromatic N) is 2. The number of benzene rings is 1. The van der Waals surface area contributed by atoms with E-state index >= 15 is 0 Å². The van der Waals surface area contributed by atoms with Crippen molar-refractivity contribution in [3.63, 3.8) is 0 Å². The molecule has 1 unspecified atom stereocenters. The van der Waals surface area contributed by atoms with Crippen LogP contribution in [0.3, 0.4) is 0 Å². The lowest BCUT2D eigenvalue weighted by Crippen LogP contribution is -2.40. The molecule has 2 N–H and O–H groups in total. The van der Waals surface area contributed by atoms with E-state index in [0.29, 0.717) is 12.5 Å². The number of aliphatic imine (C=N–C) groups is 1. The predicted octanol–water partition coefficient (Wildman–Crippen LogP) is 2.94. The summed E-state index contributed by atoms with van der Waals surface area (Å²) in [5.41, 5.74) is 0.918.